The van der Waals surface area contributed by atoms with Gasteiger partial charge in [-0.1, -0.05) is 12.1 Å². The molecule has 1 atom stereocenters. The van der Waals surface area contributed by atoms with Crippen molar-refractivity contribution in [2.24, 2.45) is 0 Å². The molecule has 0 radical (unpaired) electrons. The highest BCUT2D eigenvalue weighted by atomic mass is 16.5. The van der Waals surface area contributed by atoms with Gasteiger partial charge in [-0.2, -0.15) is 0 Å². The first kappa shape index (κ1) is 13.4. The Morgan fingerprint density at radius 1 is 1.39 bits per heavy atom. The molecule has 1 aliphatic rings. The Morgan fingerprint density at radius 2 is 2.22 bits per heavy atom. The summed E-state index contributed by atoms with van der Waals surface area (Å²) in [5, 5.41) is 3.19. The zero-order chi connectivity index (χ0) is 13.0. The third-order valence-electron chi connectivity index (χ3n) is 3.56. The molecule has 18 heavy (non-hydrogen) atoms. The molecule has 0 aliphatic carbocycles. The van der Waals surface area contributed by atoms with E-state index >= 15 is 0 Å². The molecular weight excluding hydrogens is 224 g/mol. The fourth-order valence-electron chi connectivity index (χ4n) is 2.48. The minimum absolute atomic E-state index is 0.353. The second-order valence-electron chi connectivity index (χ2n) is 5.12. The van der Waals surface area contributed by atoms with E-state index in [1.54, 1.807) is 0 Å². The first-order valence-electron chi connectivity index (χ1n) is 6.79. The maximum Gasteiger partial charge on any atom is 0.0762 e. The van der Waals surface area contributed by atoms with Crippen molar-refractivity contribution < 1.29 is 4.74 Å². The van der Waals surface area contributed by atoms with Crippen LogP contribution in [0, 0.1) is 13.8 Å². The summed E-state index contributed by atoms with van der Waals surface area (Å²) >= 11 is 0. The fraction of sp³-hybridized carbons (Fsp3) is 0.600. The number of anilines is 1. The normalized spacial score (nSPS) is 20.2. The quantitative estimate of drug-likeness (QED) is 0.883. The van der Waals surface area contributed by atoms with E-state index in [-0.39, 0.29) is 0 Å². The number of morpholine rings is 1. The maximum absolute atomic E-state index is 5.82. The van der Waals surface area contributed by atoms with Crippen LogP contribution in [0.4, 0.5) is 5.69 Å². The summed E-state index contributed by atoms with van der Waals surface area (Å²) in [5.41, 5.74) is 4.05. The van der Waals surface area contributed by atoms with E-state index in [9.17, 15) is 0 Å². The zero-order valence-electron chi connectivity index (χ0n) is 11.7. The third kappa shape index (κ3) is 3.24. The van der Waals surface area contributed by atoms with Gasteiger partial charge < -0.3 is 15.0 Å². The molecule has 1 aliphatic heterocycles. The number of ether oxygens (including phenoxy) is 1. The van der Waals surface area contributed by atoms with Crippen molar-refractivity contribution in [3.05, 3.63) is 29.3 Å². The summed E-state index contributed by atoms with van der Waals surface area (Å²) in [4.78, 5) is 2.46. The summed E-state index contributed by atoms with van der Waals surface area (Å²) in [7, 11) is 1.99. The molecule has 0 bridgehead atoms. The molecule has 1 aromatic carbocycles. The van der Waals surface area contributed by atoms with E-state index in [1.165, 1.54) is 16.8 Å². The number of benzene rings is 1. The van der Waals surface area contributed by atoms with Gasteiger partial charge in [0.05, 0.1) is 12.7 Å². The van der Waals surface area contributed by atoms with Crippen molar-refractivity contribution in [1.29, 1.82) is 0 Å². The highest BCUT2D eigenvalue weighted by Crippen LogP contribution is 2.24. The van der Waals surface area contributed by atoms with Gasteiger partial charge in [-0.15, -0.1) is 0 Å². The number of hydrogen-bond donors (Lipinski definition) is 1. The Bertz CT molecular complexity index is 392. The molecular formula is C15H24N2O. The van der Waals surface area contributed by atoms with E-state index in [1.807, 2.05) is 7.05 Å². The van der Waals surface area contributed by atoms with Crippen molar-refractivity contribution in [3.63, 3.8) is 0 Å². The summed E-state index contributed by atoms with van der Waals surface area (Å²) in [6.45, 7) is 8.20. The minimum atomic E-state index is 0.353. The Morgan fingerprint density at radius 3 is 3.00 bits per heavy atom. The summed E-state index contributed by atoms with van der Waals surface area (Å²) in [6, 6.07) is 6.68. The van der Waals surface area contributed by atoms with Crippen molar-refractivity contribution in [1.82, 2.24) is 5.32 Å². The van der Waals surface area contributed by atoms with Crippen LogP contribution in [0.5, 0.6) is 0 Å². The number of hydrogen-bond acceptors (Lipinski definition) is 3. The first-order valence-corrected chi connectivity index (χ1v) is 6.79. The van der Waals surface area contributed by atoms with Gasteiger partial charge >= 0.3 is 0 Å². The van der Waals surface area contributed by atoms with Crippen molar-refractivity contribution in [2.75, 3.05) is 38.2 Å². The lowest BCUT2D eigenvalue weighted by atomic mass is 10.1. The van der Waals surface area contributed by atoms with Gasteiger partial charge in [0.25, 0.3) is 0 Å². The largest absolute Gasteiger partial charge is 0.374 e. The van der Waals surface area contributed by atoms with E-state index in [2.05, 4.69) is 42.3 Å². The molecule has 1 saturated heterocycles. The minimum Gasteiger partial charge on any atom is -0.374 e. The molecule has 0 amide bonds. The summed E-state index contributed by atoms with van der Waals surface area (Å²) in [6.07, 6.45) is 1.43. The molecule has 0 aromatic heterocycles. The van der Waals surface area contributed by atoms with Gasteiger partial charge in [0, 0.05) is 18.8 Å². The second kappa shape index (κ2) is 6.21. The summed E-state index contributed by atoms with van der Waals surface area (Å²) in [5.74, 6) is 0. The Kier molecular flexibility index (Phi) is 4.61. The lowest BCUT2D eigenvalue weighted by molar-refractivity contribution is 0.0357. The molecule has 2 rings (SSSR count). The predicted octanol–water partition coefficient (Wildman–Crippen LogP) is 2.12. The molecule has 3 nitrogen and oxygen atoms in total. The van der Waals surface area contributed by atoms with Crippen molar-refractivity contribution in [2.45, 2.75) is 26.4 Å². The monoisotopic (exact) mass is 248 g/mol. The number of aryl methyl sites for hydroxylation is 2. The average Bonchev–Trinajstić information content (AvgIpc) is 2.39. The maximum atomic E-state index is 5.82. The average molecular weight is 248 g/mol. The molecule has 1 unspecified atom stereocenters. The Balaban J connectivity index is 2.05. The van der Waals surface area contributed by atoms with Crippen LogP contribution in [0.15, 0.2) is 18.2 Å². The van der Waals surface area contributed by atoms with Gasteiger partial charge in [-0.05, 0) is 51.1 Å². The Hall–Kier alpha value is -1.06. The number of rotatable bonds is 4. The van der Waals surface area contributed by atoms with Crippen LogP contribution in [0.1, 0.15) is 17.5 Å². The summed E-state index contributed by atoms with van der Waals surface area (Å²) < 4.78 is 5.82. The van der Waals surface area contributed by atoms with E-state index in [0.717, 1.165) is 32.7 Å². The highest BCUT2D eigenvalue weighted by Gasteiger charge is 2.21. The first-order chi connectivity index (χ1) is 8.70. The van der Waals surface area contributed by atoms with Crippen molar-refractivity contribution in [3.8, 4) is 0 Å². The highest BCUT2D eigenvalue weighted by molar-refractivity contribution is 5.55. The molecule has 1 aromatic rings. The van der Waals surface area contributed by atoms with Gasteiger partial charge in [-0.3, -0.25) is 0 Å². The molecule has 1 N–H and O–H groups in total. The van der Waals surface area contributed by atoms with Crippen LogP contribution in [0.25, 0.3) is 0 Å². The van der Waals surface area contributed by atoms with Crippen LogP contribution in [0.2, 0.25) is 0 Å². The van der Waals surface area contributed by atoms with Crippen LogP contribution in [-0.2, 0) is 4.74 Å². The smallest absolute Gasteiger partial charge is 0.0762 e. The number of nitrogens with one attached hydrogen (secondary N) is 1. The van der Waals surface area contributed by atoms with Crippen LogP contribution in [0.3, 0.4) is 0 Å². The van der Waals surface area contributed by atoms with E-state index in [0.29, 0.717) is 6.10 Å². The molecule has 1 heterocycles. The lowest BCUT2D eigenvalue weighted by Gasteiger charge is -2.35. The Labute approximate surface area is 110 Å². The zero-order valence-corrected chi connectivity index (χ0v) is 11.7. The number of nitrogens with zero attached hydrogens (tertiary/aromatic N) is 1. The molecule has 1 fully saturated rings. The fourth-order valence-corrected chi connectivity index (χ4v) is 2.48. The van der Waals surface area contributed by atoms with Gasteiger partial charge in [0.2, 0.25) is 0 Å². The lowest BCUT2D eigenvalue weighted by Crippen LogP contribution is -2.43. The van der Waals surface area contributed by atoms with Gasteiger partial charge in [0.15, 0.2) is 0 Å². The molecule has 0 saturated carbocycles. The predicted molar refractivity (Wildman–Crippen MR) is 76.4 cm³/mol. The van der Waals surface area contributed by atoms with E-state index in [4.69, 9.17) is 4.74 Å². The topological polar surface area (TPSA) is 24.5 Å². The van der Waals surface area contributed by atoms with E-state index < -0.39 is 0 Å². The molecule has 3 heteroatoms. The standard InChI is InChI=1S/C15H24N2O/c1-12-4-5-13(2)15(10-12)17-8-9-18-14(11-17)6-7-16-3/h4-5,10,14,16H,6-9,11H2,1-3H3. The molecule has 0 spiro atoms. The van der Waals surface area contributed by atoms with Gasteiger partial charge in [-0.25, -0.2) is 0 Å². The van der Waals surface area contributed by atoms with Crippen LogP contribution >= 0.6 is 0 Å². The third-order valence-corrected chi connectivity index (χ3v) is 3.56. The van der Waals surface area contributed by atoms with Gasteiger partial charge in [0.1, 0.15) is 0 Å². The second-order valence-corrected chi connectivity index (χ2v) is 5.12. The van der Waals surface area contributed by atoms with Crippen LogP contribution < -0.4 is 10.2 Å². The van der Waals surface area contributed by atoms with Crippen molar-refractivity contribution >= 4 is 5.69 Å². The molecule has 100 valence electrons. The SMILES string of the molecule is CNCCC1CN(c2cc(C)ccc2C)CCO1. The van der Waals surface area contributed by atoms with Crippen LogP contribution in [-0.4, -0.2) is 39.4 Å².